The summed E-state index contributed by atoms with van der Waals surface area (Å²) < 4.78 is 0. The van der Waals surface area contributed by atoms with Crippen molar-refractivity contribution in [1.29, 1.82) is 0 Å². The van der Waals surface area contributed by atoms with E-state index >= 15 is 0 Å². The zero-order valence-corrected chi connectivity index (χ0v) is 9.52. The lowest BCUT2D eigenvalue weighted by molar-refractivity contribution is 0.247. The molecule has 0 radical (unpaired) electrons. The van der Waals surface area contributed by atoms with Crippen LogP contribution in [-0.2, 0) is 0 Å². The molecule has 0 aromatic carbocycles. The molecule has 0 fully saturated rings. The van der Waals surface area contributed by atoms with Crippen LogP contribution in [0.1, 0.15) is 51.9 Å². The molecule has 0 aliphatic rings. The predicted molar refractivity (Wildman–Crippen MR) is 59.3 cm³/mol. The van der Waals surface area contributed by atoms with Crippen molar-refractivity contribution < 1.29 is 5.11 Å². The van der Waals surface area contributed by atoms with Crippen molar-refractivity contribution in [3.8, 4) is 0 Å². The number of rotatable bonds is 9. The molecule has 0 saturated heterocycles. The highest BCUT2D eigenvalue weighted by atomic mass is 35.5. The molecule has 1 atom stereocenters. The summed E-state index contributed by atoms with van der Waals surface area (Å²) in [6, 6.07) is 0. The Bertz CT molecular complexity index is 90.1. The number of unbranched alkanes of at least 4 members (excludes halogenated alkanes) is 3. The molecule has 1 unspecified atom stereocenters. The molecule has 2 heteroatoms. The highest BCUT2D eigenvalue weighted by Gasteiger charge is 2.06. The van der Waals surface area contributed by atoms with Gasteiger partial charge < -0.3 is 5.11 Å². The van der Waals surface area contributed by atoms with Gasteiger partial charge in [-0.25, -0.2) is 0 Å². The molecule has 0 rings (SSSR count). The van der Waals surface area contributed by atoms with Gasteiger partial charge in [0.2, 0.25) is 0 Å². The van der Waals surface area contributed by atoms with Crippen LogP contribution in [0.4, 0.5) is 0 Å². The van der Waals surface area contributed by atoms with Crippen LogP contribution in [0.2, 0.25) is 0 Å². The Balaban J connectivity index is 3.33. The van der Waals surface area contributed by atoms with Crippen molar-refractivity contribution in [1.82, 2.24) is 0 Å². The minimum atomic E-state index is 0.315. The van der Waals surface area contributed by atoms with Crippen LogP contribution in [0.15, 0.2) is 0 Å². The second-order valence-electron chi connectivity index (χ2n) is 3.71. The van der Waals surface area contributed by atoms with E-state index < -0.39 is 0 Å². The fraction of sp³-hybridized carbons (Fsp3) is 1.00. The second-order valence-corrected chi connectivity index (χ2v) is 4.08. The van der Waals surface area contributed by atoms with Crippen molar-refractivity contribution in [2.75, 3.05) is 12.5 Å². The van der Waals surface area contributed by atoms with Gasteiger partial charge >= 0.3 is 0 Å². The Kier molecular flexibility index (Phi) is 10.5. The lowest BCUT2D eigenvalue weighted by Crippen LogP contribution is -2.04. The number of halogens is 1. The van der Waals surface area contributed by atoms with E-state index in [-0.39, 0.29) is 0 Å². The quantitative estimate of drug-likeness (QED) is 0.452. The third-order valence-electron chi connectivity index (χ3n) is 2.52. The normalized spacial score (nSPS) is 13.2. The second kappa shape index (κ2) is 10.3. The standard InChI is InChI=1S/C11H23ClO/c1-2-3-4-5-6-11(7-9-12)8-10-13/h11,13H,2-10H2,1H3. The van der Waals surface area contributed by atoms with Crippen molar-refractivity contribution in [3.63, 3.8) is 0 Å². The minimum absolute atomic E-state index is 0.315. The van der Waals surface area contributed by atoms with Crippen molar-refractivity contribution >= 4 is 11.6 Å². The smallest absolute Gasteiger partial charge is 0.0433 e. The Hall–Kier alpha value is 0.250. The molecule has 0 spiro atoms. The van der Waals surface area contributed by atoms with Gasteiger partial charge in [-0.05, 0) is 18.8 Å². The van der Waals surface area contributed by atoms with Gasteiger partial charge in [0, 0.05) is 12.5 Å². The third kappa shape index (κ3) is 8.58. The van der Waals surface area contributed by atoms with E-state index in [9.17, 15) is 0 Å². The lowest BCUT2D eigenvalue weighted by Gasteiger charge is -2.13. The number of hydrogen-bond donors (Lipinski definition) is 1. The maximum atomic E-state index is 8.82. The summed E-state index contributed by atoms with van der Waals surface area (Å²) in [7, 11) is 0. The third-order valence-corrected chi connectivity index (χ3v) is 2.74. The van der Waals surface area contributed by atoms with E-state index in [1.165, 1.54) is 32.1 Å². The van der Waals surface area contributed by atoms with E-state index in [4.69, 9.17) is 16.7 Å². The zero-order valence-electron chi connectivity index (χ0n) is 8.77. The van der Waals surface area contributed by atoms with Gasteiger partial charge in [-0.2, -0.15) is 0 Å². The molecule has 0 aliphatic carbocycles. The maximum Gasteiger partial charge on any atom is 0.0433 e. The summed E-state index contributed by atoms with van der Waals surface area (Å²) in [5, 5.41) is 8.82. The maximum absolute atomic E-state index is 8.82. The highest BCUT2D eigenvalue weighted by Crippen LogP contribution is 2.18. The number of aliphatic hydroxyl groups excluding tert-OH is 1. The topological polar surface area (TPSA) is 20.2 Å². The number of alkyl halides is 1. The molecule has 13 heavy (non-hydrogen) atoms. The summed E-state index contributed by atoms with van der Waals surface area (Å²) in [5.41, 5.74) is 0. The molecule has 80 valence electrons. The van der Waals surface area contributed by atoms with E-state index in [1.54, 1.807) is 0 Å². The lowest BCUT2D eigenvalue weighted by atomic mass is 9.95. The Morgan fingerprint density at radius 2 is 1.85 bits per heavy atom. The van der Waals surface area contributed by atoms with Crippen molar-refractivity contribution in [3.05, 3.63) is 0 Å². The van der Waals surface area contributed by atoms with Crippen LogP contribution in [0.25, 0.3) is 0 Å². The fourth-order valence-corrected chi connectivity index (χ4v) is 1.94. The largest absolute Gasteiger partial charge is 0.396 e. The van der Waals surface area contributed by atoms with E-state index in [0.29, 0.717) is 12.5 Å². The molecule has 0 aromatic rings. The predicted octanol–water partition coefficient (Wildman–Crippen LogP) is 3.58. The van der Waals surface area contributed by atoms with Gasteiger partial charge in [-0.1, -0.05) is 39.0 Å². The molecule has 0 aliphatic heterocycles. The first-order valence-electron chi connectivity index (χ1n) is 5.52. The van der Waals surface area contributed by atoms with Crippen LogP contribution in [0, 0.1) is 5.92 Å². The van der Waals surface area contributed by atoms with Gasteiger partial charge in [-0.15, -0.1) is 11.6 Å². The summed E-state index contributed by atoms with van der Waals surface area (Å²) in [5.74, 6) is 1.39. The molecule has 0 heterocycles. The average Bonchev–Trinajstić information content (AvgIpc) is 2.13. The van der Waals surface area contributed by atoms with E-state index in [0.717, 1.165) is 18.7 Å². The van der Waals surface area contributed by atoms with Gasteiger partial charge in [0.25, 0.3) is 0 Å². The summed E-state index contributed by atoms with van der Waals surface area (Å²) in [4.78, 5) is 0. The van der Waals surface area contributed by atoms with Crippen LogP contribution in [0.5, 0.6) is 0 Å². The molecule has 0 saturated carbocycles. The summed E-state index contributed by atoms with van der Waals surface area (Å²) in [6.07, 6.45) is 8.50. The molecular formula is C11H23ClO. The Morgan fingerprint density at radius 3 is 2.38 bits per heavy atom. The van der Waals surface area contributed by atoms with Crippen LogP contribution in [-0.4, -0.2) is 17.6 Å². The molecule has 0 aromatic heterocycles. The van der Waals surface area contributed by atoms with E-state index in [1.807, 2.05) is 0 Å². The fourth-order valence-electron chi connectivity index (χ4n) is 1.63. The van der Waals surface area contributed by atoms with Crippen LogP contribution < -0.4 is 0 Å². The monoisotopic (exact) mass is 206 g/mol. The Labute approximate surface area is 87.5 Å². The van der Waals surface area contributed by atoms with Crippen LogP contribution >= 0.6 is 11.6 Å². The first kappa shape index (κ1) is 13.2. The molecule has 0 amide bonds. The first-order valence-corrected chi connectivity index (χ1v) is 6.05. The number of aliphatic hydroxyl groups is 1. The Morgan fingerprint density at radius 1 is 1.08 bits per heavy atom. The zero-order chi connectivity index (χ0) is 9.94. The summed E-state index contributed by atoms with van der Waals surface area (Å²) >= 11 is 5.69. The van der Waals surface area contributed by atoms with Gasteiger partial charge in [0.15, 0.2) is 0 Å². The molecule has 1 nitrogen and oxygen atoms in total. The van der Waals surface area contributed by atoms with E-state index in [2.05, 4.69) is 6.92 Å². The minimum Gasteiger partial charge on any atom is -0.396 e. The summed E-state index contributed by atoms with van der Waals surface area (Å²) in [6.45, 7) is 2.54. The van der Waals surface area contributed by atoms with Gasteiger partial charge in [0.1, 0.15) is 0 Å². The number of hydrogen-bond acceptors (Lipinski definition) is 1. The molecular weight excluding hydrogens is 184 g/mol. The highest BCUT2D eigenvalue weighted by molar-refractivity contribution is 6.17. The molecule has 0 bridgehead atoms. The van der Waals surface area contributed by atoms with Crippen molar-refractivity contribution in [2.45, 2.75) is 51.9 Å². The van der Waals surface area contributed by atoms with Crippen molar-refractivity contribution in [2.24, 2.45) is 5.92 Å². The SMILES string of the molecule is CCCCCCC(CCO)CCCl. The van der Waals surface area contributed by atoms with Gasteiger partial charge in [0.05, 0.1) is 0 Å². The first-order chi connectivity index (χ1) is 6.35. The molecule has 1 N–H and O–H groups in total. The van der Waals surface area contributed by atoms with Gasteiger partial charge in [-0.3, -0.25) is 0 Å². The average molecular weight is 207 g/mol. The van der Waals surface area contributed by atoms with Crippen LogP contribution in [0.3, 0.4) is 0 Å².